The highest BCUT2D eigenvalue weighted by atomic mass is 127. The molecule has 0 amide bonds. The van der Waals surface area contributed by atoms with Crippen molar-refractivity contribution in [3.8, 4) is 0 Å². The third-order valence-corrected chi connectivity index (χ3v) is 5.19. The zero-order valence-corrected chi connectivity index (χ0v) is 19.8. The Kier molecular flexibility index (Phi) is 10.3. The summed E-state index contributed by atoms with van der Waals surface area (Å²) in [7, 11) is 0. The van der Waals surface area contributed by atoms with E-state index in [9.17, 15) is 5.11 Å². The number of likely N-dealkylation sites (tertiary alicyclic amines) is 1. The van der Waals surface area contributed by atoms with Crippen LogP contribution in [-0.4, -0.2) is 48.7 Å². The molecule has 8 heteroatoms. The van der Waals surface area contributed by atoms with Gasteiger partial charge >= 0.3 is 0 Å². The van der Waals surface area contributed by atoms with E-state index in [0.717, 1.165) is 31.0 Å². The minimum Gasteiger partial charge on any atom is -0.468 e. The fourth-order valence-electron chi connectivity index (χ4n) is 3.44. The van der Waals surface area contributed by atoms with Crippen molar-refractivity contribution in [1.82, 2.24) is 15.5 Å². The normalized spacial score (nSPS) is 16.9. The van der Waals surface area contributed by atoms with Gasteiger partial charge in [-0.3, -0.25) is 9.89 Å². The molecule has 0 radical (unpaired) electrons. The summed E-state index contributed by atoms with van der Waals surface area (Å²) in [6.45, 7) is 5.87. The summed E-state index contributed by atoms with van der Waals surface area (Å²) in [6.07, 6.45) is 3.51. The lowest BCUT2D eigenvalue weighted by molar-refractivity contribution is 0.180. The van der Waals surface area contributed by atoms with Crippen LogP contribution in [0.25, 0.3) is 0 Å². The summed E-state index contributed by atoms with van der Waals surface area (Å²) in [5, 5.41) is 17.6. The molecule has 0 spiro atoms. The van der Waals surface area contributed by atoms with Crippen molar-refractivity contribution < 1.29 is 9.52 Å². The van der Waals surface area contributed by atoms with Gasteiger partial charge in [-0.1, -0.05) is 23.7 Å². The largest absolute Gasteiger partial charge is 0.468 e. The monoisotopic (exact) mass is 532 g/mol. The first-order chi connectivity index (χ1) is 13.7. The molecule has 2 atom stereocenters. The number of nitrogens with one attached hydrogen (secondary N) is 2. The molecule has 1 saturated heterocycles. The quantitative estimate of drug-likeness (QED) is 0.273. The van der Waals surface area contributed by atoms with E-state index in [-0.39, 0.29) is 30.0 Å². The summed E-state index contributed by atoms with van der Waals surface area (Å²) < 4.78 is 5.66. The van der Waals surface area contributed by atoms with Gasteiger partial charge < -0.3 is 20.2 Å². The summed E-state index contributed by atoms with van der Waals surface area (Å²) in [4.78, 5) is 7.18. The summed E-state index contributed by atoms with van der Waals surface area (Å²) in [6, 6.07) is 11.3. The fourth-order valence-corrected chi connectivity index (χ4v) is 3.56. The van der Waals surface area contributed by atoms with E-state index in [0.29, 0.717) is 24.1 Å². The molecule has 0 bridgehead atoms. The lowest BCUT2D eigenvalue weighted by Crippen LogP contribution is -2.40. The van der Waals surface area contributed by atoms with Gasteiger partial charge in [0, 0.05) is 18.1 Å². The Morgan fingerprint density at radius 1 is 1.21 bits per heavy atom. The van der Waals surface area contributed by atoms with E-state index in [2.05, 4.69) is 15.5 Å². The predicted molar refractivity (Wildman–Crippen MR) is 128 cm³/mol. The van der Waals surface area contributed by atoms with E-state index in [4.69, 9.17) is 21.0 Å². The Morgan fingerprint density at radius 2 is 1.93 bits per heavy atom. The second-order valence-corrected chi connectivity index (χ2v) is 7.38. The van der Waals surface area contributed by atoms with Gasteiger partial charge in [-0.05, 0) is 62.7 Å². The maximum Gasteiger partial charge on any atom is 0.191 e. The van der Waals surface area contributed by atoms with Crippen LogP contribution in [0.1, 0.15) is 43.2 Å². The molecule has 2 aromatic rings. The molecule has 3 rings (SSSR count). The van der Waals surface area contributed by atoms with Crippen LogP contribution in [0.4, 0.5) is 0 Å². The highest BCUT2D eigenvalue weighted by molar-refractivity contribution is 14.0. The Bertz CT molecular complexity index is 734. The number of guanidine groups is 1. The smallest absolute Gasteiger partial charge is 0.191 e. The van der Waals surface area contributed by atoms with Gasteiger partial charge in [0.1, 0.15) is 5.76 Å². The molecule has 1 aromatic heterocycles. The van der Waals surface area contributed by atoms with E-state index in [1.54, 1.807) is 18.4 Å². The molecule has 1 aromatic carbocycles. The Hall–Kier alpha value is -1.29. The lowest BCUT2D eigenvalue weighted by Gasteiger charge is -2.24. The Morgan fingerprint density at radius 3 is 2.55 bits per heavy atom. The number of benzene rings is 1. The first-order valence-corrected chi connectivity index (χ1v) is 10.3. The molecule has 1 fully saturated rings. The molecule has 3 N–H and O–H groups in total. The molecule has 6 nitrogen and oxygen atoms in total. The standard InChI is InChI=1S/C21H29ClN4O2.HI/c1-2-23-21(25-15-19(27)16-7-9-17(22)10-8-16)24-14-18(20-6-5-13-28-20)26-11-3-4-12-26;/h5-10,13,18-19,27H,2-4,11-12,14-15H2,1H3,(H2,23,24,25);1H. The third-order valence-electron chi connectivity index (χ3n) is 4.94. The molecule has 1 aliphatic heterocycles. The lowest BCUT2D eigenvalue weighted by atomic mass is 10.1. The molecule has 0 aliphatic carbocycles. The average molecular weight is 533 g/mol. The number of hydrogen-bond donors (Lipinski definition) is 3. The Balaban J connectivity index is 0.00000300. The zero-order chi connectivity index (χ0) is 19.8. The number of hydrogen-bond acceptors (Lipinski definition) is 4. The van der Waals surface area contributed by atoms with Gasteiger partial charge in [0.05, 0.1) is 25.0 Å². The van der Waals surface area contributed by atoms with Crippen LogP contribution in [-0.2, 0) is 0 Å². The third kappa shape index (κ3) is 7.16. The van der Waals surface area contributed by atoms with Crippen molar-refractivity contribution in [1.29, 1.82) is 0 Å². The first kappa shape index (κ1) is 24.0. The van der Waals surface area contributed by atoms with Crippen LogP contribution in [0.2, 0.25) is 5.02 Å². The van der Waals surface area contributed by atoms with Gasteiger partial charge in [-0.2, -0.15) is 0 Å². The number of halogens is 2. The summed E-state index contributed by atoms with van der Waals surface area (Å²) in [5.74, 6) is 1.63. The first-order valence-electron chi connectivity index (χ1n) is 9.90. The number of rotatable bonds is 8. The number of aliphatic hydroxyl groups is 1. The van der Waals surface area contributed by atoms with Gasteiger partial charge in [0.15, 0.2) is 5.96 Å². The molecule has 0 saturated carbocycles. The van der Waals surface area contributed by atoms with Crippen LogP contribution in [0.5, 0.6) is 0 Å². The molecular weight excluding hydrogens is 503 g/mol. The minimum atomic E-state index is -0.638. The molecule has 1 aliphatic rings. The van der Waals surface area contributed by atoms with Crippen molar-refractivity contribution in [3.05, 3.63) is 59.0 Å². The van der Waals surface area contributed by atoms with E-state index >= 15 is 0 Å². The topological polar surface area (TPSA) is 73.0 Å². The van der Waals surface area contributed by atoms with Gasteiger partial charge in [0.2, 0.25) is 0 Å². The summed E-state index contributed by atoms with van der Waals surface area (Å²) in [5.41, 5.74) is 0.818. The Labute approximate surface area is 194 Å². The number of aliphatic hydroxyl groups excluding tert-OH is 1. The summed E-state index contributed by atoms with van der Waals surface area (Å²) >= 11 is 5.91. The van der Waals surface area contributed by atoms with Crippen molar-refractivity contribution in [2.75, 3.05) is 32.7 Å². The number of furan rings is 1. The highest BCUT2D eigenvalue weighted by Crippen LogP contribution is 2.25. The highest BCUT2D eigenvalue weighted by Gasteiger charge is 2.25. The second-order valence-electron chi connectivity index (χ2n) is 6.94. The van der Waals surface area contributed by atoms with E-state index in [1.807, 2.05) is 31.2 Å². The molecular formula is C21H30ClIN4O2. The van der Waals surface area contributed by atoms with Crippen molar-refractivity contribution in [3.63, 3.8) is 0 Å². The minimum absolute atomic E-state index is 0. The van der Waals surface area contributed by atoms with Crippen LogP contribution < -0.4 is 10.6 Å². The fraction of sp³-hybridized carbons (Fsp3) is 0.476. The predicted octanol–water partition coefficient (Wildman–Crippen LogP) is 3.98. The average Bonchev–Trinajstić information content (AvgIpc) is 3.41. The van der Waals surface area contributed by atoms with Crippen LogP contribution in [0, 0.1) is 0 Å². The molecule has 2 heterocycles. The van der Waals surface area contributed by atoms with E-state index < -0.39 is 6.10 Å². The molecule has 2 unspecified atom stereocenters. The van der Waals surface area contributed by atoms with Gasteiger partial charge in [-0.25, -0.2) is 0 Å². The van der Waals surface area contributed by atoms with Crippen LogP contribution in [0.15, 0.2) is 52.1 Å². The maximum absolute atomic E-state index is 10.4. The second kappa shape index (κ2) is 12.4. The van der Waals surface area contributed by atoms with Gasteiger partial charge in [0.25, 0.3) is 0 Å². The van der Waals surface area contributed by atoms with E-state index in [1.165, 1.54) is 12.8 Å². The maximum atomic E-state index is 10.4. The van der Waals surface area contributed by atoms with Crippen molar-refractivity contribution in [2.45, 2.75) is 31.9 Å². The van der Waals surface area contributed by atoms with Crippen LogP contribution in [0.3, 0.4) is 0 Å². The molecule has 29 heavy (non-hydrogen) atoms. The zero-order valence-electron chi connectivity index (χ0n) is 16.7. The van der Waals surface area contributed by atoms with Crippen molar-refractivity contribution in [2.24, 2.45) is 4.99 Å². The number of aliphatic imine (C=N–C) groups is 1. The van der Waals surface area contributed by atoms with Crippen molar-refractivity contribution >= 4 is 41.5 Å². The number of nitrogens with zero attached hydrogens (tertiary/aromatic N) is 2. The SMILES string of the molecule is CCNC(=NCC(c1ccco1)N1CCCC1)NCC(O)c1ccc(Cl)cc1.I. The van der Waals surface area contributed by atoms with Crippen LogP contribution >= 0.6 is 35.6 Å². The van der Waals surface area contributed by atoms with Gasteiger partial charge in [-0.15, -0.1) is 24.0 Å². The molecule has 160 valence electrons.